The summed E-state index contributed by atoms with van der Waals surface area (Å²) in [6, 6.07) is 9.20. The van der Waals surface area contributed by atoms with Gasteiger partial charge in [0.05, 0.1) is 16.9 Å². The van der Waals surface area contributed by atoms with Gasteiger partial charge < -0.3 is 19.7 Å². The fraction of sp³-hybridized carbons (Fsp3) is 0.407. The third kappa shape index (κ3) is 5.37. The van der Waals surface area contributed by atoms with Crippen molar-refractivity contribution in [3.63, 3.8) is 0 Å². The molecular weight excluding hydrogens is 466 g/mol. The maximum atomic E-state index is 13.2. The van der Waals surface area contributed by atoms with Gasteiger partial charge in [-0.2, -0.15) is 0 Å². The number of hydrogen-bond acceptors (Lipinski definition) is 7. The first kappa shape index (κ1) is 24.9. The molecule has 1 aliphatic rings. The van der Waals surface area contributed by atoms with Crippen molar-refractivity contribution in [2.45, 2.75) is 64.9 Å². The van der Waals surface area contributed by atoms with Gasteiger partial charge in [0.15, 0.2) is 5.78 Å². The SMILES string of the molecule is CCCCCC1(COc2ccc(Cc3sc(=O)[nH]c3O)cc2)CC(=O)c2c(cc(C)c(O)c2C)O1. The largest absolute Gasteiger partial charge is 0.507 e. The van der Waals surface area contributed by atoms with Crippen LogP contribution in [0.5, 0.6) is 23.1 Å². The zero-order valence-electron chi connectivity index (χ0n) is 20.3. The number of nitrogens with one attached hydrogen (secondary N) is 1. The number of thiazole rings is 1. The van der Waals surface area contributed by atoms with Crippen molar-refractivity contribution in [3.8, 4) is 23.1 Å². The van der Waals surface area contributed by atoms with E-state index in [4.69, 9.17) is 9.47 Å². The molecule has 0 fully saturated rings. The number of ether oxygens (including phenoxy) is 2. The number of aromatic hydroxyl groups is 2. The number of carbonyl (C=O) groups excluding carboxylic acids is 1. The lowest BCUT2D eigenvalue weighted by Crippen LogP contribution is -2.47. The van der Waals surface area contributed by atoms with Crippen molar-refractivity contribution in [2.75, 3.05) is 6.61 Å². The Morgan fingerprint density at radius 1 is 1.14 bits per heavy atom. The quantitative estimate of drug-likeness (QED) is 0.341. The molecule has 2 aromatic carbocycles. The van der Waals surface area contributed by atoms with E-state index in [9.17, 15) is 19.8 Å². The molecule has 4 rings (SSSR count). The third-order valence-corrected chi connectivity index (χ3v) is 7.38. The highest BCUT2D eigenvalue weighted by Crippen LogP contribution is 2.42. The van der Waals surface area contributed by atoms with Gasteiger partial charge in [0, 0.05) is 12.0 Å². The van der Waals surface area contributed by atoms with E-state index >= 15 is 0 Å². The van der Waals surface area contributed by atoms with Gasteiger partial charge >= 0.3 is 4.87 Å². The Kier molecular flexibility index (Phi) is 7.21. The van der Waals surface area contributed by atoms with E-state index in [1.54, 1.807) is 19.9 Å². The van der Waals surface area contributed by atoms with Gasteiger partial charge in [0.2, 0.25) is 5.88 Å². The maximum absolute atomic E-state index is 13.2. The van der Waals surface area contributed by atoms with Crippen LogP contribution in [0.4, 0.5) is 0 Å². The Morgan fingerprint density at radius 3 is 2.54 bits per heavy atom. The van der Waals surface area contributed by atoms with E-state index in [1.807, 2.05) is 24.3 Å². The Morgan fingerprint density at radius 2 is 1.89 bits per heavy atom. The van der Waals surface area contributed by atoms with Crippen LogP contribution in [0.2, 0.25) is 0 Å². The average Bonchev–Trinajstić information content (AvgIpc) is 3.13. The molecule has 0 saturated carbocycles. The van der Waals surface area contributed by atoms with Crippen molar-refractivity contribution in [1.29, 1.82) is 0 Å². The Labute approximate surface area is 208 Å². The zero-order valence-corrected chi connectivity index (χ0v) is 21.1. The van der Waals surface area contributed by atoms with Crippen LogP contribution >= 0.6 is 11.3 Å². The van der Waals surface area contributed by atoms with Crippen molar-refractivity contribution in [2.24, 2.45) is 0 Å². The molecule has 186 valence electrons. The molecule has 0 saturated heterocycles. The van der Waals surface area contributed by atoms with E-state index in [2.05, 4.69) is 11.9 Å². The topological polar surface area (TPSA) is 109 Å². The number of phenolic OH excluding ortho intramolecular Hbond substituents is 1. The number of rotatable bonds is 9. The second kappa shape index (κ2) is 10.2. The average molecular weight is 498 g/mol. The van der Waals surface area contributed by atoms with E-state index in [-0.39, 0.29) is 35.3 Å². The van der Waals surface area contributed by atoms with Crippen LogP contribution in [0.3, 0.4) is 0 Å². The van der Waals surface area contributed by atoms with Crippen LogP contribution in [-0.4, -0.2) is 33.2 Å². The summed E-state index contributed by atoms with van der Waals surface area (Å²) in [6.07, 6.45) is 4.33. The zero-order chi connectivity index (χ0) is 25.2. The highest BCUT2D eigenvalue weighted by atomic mass is 32.1. The van der Waals surface area contributed by atoms with Crippen molar-refractivity contribution in [3.05, 3.63) is 67.1 Å². The van der Waals surface area contributed by atoms with E-state index in [1.165, 1.54) is 0 Å². The second-order valence-electron chi connectivity index (χ2n) is 9.28. The first-order chi connectivity index (χ1) is 16.7. The maximum Gasteiger partial charge on any atom is 0.307 e. The number of benzene rings is 2. The summed E-state index contributed by atoms with van der Waals surface area (Å²) in [6.45, 7) is 5.90. The number of aromatic nitrogens is 1. The number of Topliss-reactive ketones (excluding diaryl/α,β-unsaturated/α-hetero) is 1. The summed E-state index contributed by atoms with van der Waals surface area (Å²) in [5, 5.41) is 20.1. The number of unbranched alkanes of at least 4 members (excludes halogenated alkanes) is 2. The lowest BCUT2D eigenvalue weighted by molar-refractivity contribution is -0.00275. The fourth-order valence-corrected chi connectivity index (χ4v) is 5.34. The summed E-state index contributed by atoms with van der Waals surface area (Å²) in [7, 11) is 0. The summed E-state index contributed by atoms with van der Waals surface area (Å²) >= 11 is 0.992. The highest BCUT2D eigenvalue weighted by molar-refractivity contribution is 7.09. The Balaban J connectivity index is 1.52. The molecule has 2 heterocycles. The summed E-state index contributed by atoms with van der Waals surface area (Å²) in [5.41, 5.74) is 1.84. The van der Waals surface area contributed by atoms with Gasteiger partial charge in [-0.05, 0) is 56.0 Å². The number of hydrogen-bond donors (Lipinski definition) is 3. The number of H-pyrrole nitrogens is 1. The predicted molar refractivity (Wildman–Crippen MR) is 135 cm³/mol. The molecule has 7 nitrogen and oxygen atoms in total. The van der Waals surface area contributed by atoms with Crippen LogP contribution in [-0.2, 0) is 6.42 Å². The first-order valence-electron chi connectivity index (χ1n) is 11.9. The lowest BCUT2D eigenvalue weighted by atomic mass is 9.84. The molecule has 0 amide bonds. The molecule has 1 atom stereocenters. The van der Waals surface area contributed by atoms with Gasteiger partial charge in [0.1, 0.15) is 29.5 Å². The number of carbonyl (C=O) groups is 1. The minimum atomic E-state index is -0.781. The van der Waals surface area contributed by atoms with Crippen LogP contribution in [0.15, 0.2) is 35.1 Å². The number of aryl methyl sites for hydroxylation is 1. The Hall–Kier alpha value is -3.26. The molecule has 0 aliphatic carbocycles. The minimum Gasteiger partial charge on any atom is -0.507 e. The standard InChI is InChI=1S/C27H31NO6S/c1-4-5-6-11-27(14-20(29)23-17(3)24(30)16(2)12-21(23)34-27)15-33-19-9-7-18(8-10-19)13-22-25(31)28-26(32)35-22/h7-10,12,30-31H,4-6,11,13-15H2,1-3H3,(H,28,32). The van der Waals surface area contributed by atoms with Gasteiger partial charge in [-0.25, -0.2) is 0 Å². The predicted octanol–water partition coefficient (Wildman–Crippen LogP) is 5.42. The van der Waals surface area contributed by atoms with E-state index in [0.29, 0.717) is 45.9 Å². The van der Waals surface area contributed by atoms with Crippen LogP contribution in [0.25, 0.3) is 0 Å². The molecule has 35 heavy (non-hydrogen) atoms. The van der Waals surface area contributed by atoms with Crippen LogP contribution in [0, 0.1) is 13.8 Å². The molecule has 0 radical (unpaired) electrons. The highest BCUT2D eigenvalue weighted by Gasteiger charge is 2.42. The number of ketones is 1. The van der Waals surface area contributed by atoms with Crippen LogP contribution < -0.4 is 14.3 Å². The molecular formula is C27H31NO6S. The van der Waals surface area contributed by atoms with E-state index in [0.717, 1.165) is 36.2 Å². The van der Waals surface area contributed by atoms with Crippen LogP contribution in [0.1, 0.15) is 71.0 Å². The third-order valence-electron chi connectivity index (χ3n) is 6.51. The van der Waals surface area contributed by atoms with Gasteiger partial charge in [-0.15, -0.1) is 0 Å². The molecule has 0 spiro atoms. The molecule has 3 aromatic rings. The van der Waals surface area contributed by atoms with Gasteiger partial charge in [0.25, 0.3) is 0 Å². The van der Waals surface area contributed by atoms with Gasteiger partial charge in [-0.3, -0.25) is 14.6 Å². The van der Waals surface area contributed by atoms with Crippen molar-refractivity contribution in [1.82, 2.24) is 4.98 Å². The molecule has 8 heteroatoms. The first-order valence-corrected chi connectivity index (χ1v) is 12.7. The Bertz CT molecular complexity index is 1280. The molecule has 1 aromatic heterocycles. The summed E-state index contributed by atoms with van der Waals surface area (Å²) < 4.78 is 12.6. The normalized spacial score (nSPS) is 17.2. The summed E-state index contributed by atoms with van der Waals surface area (Å²) in [4.78, 5) is 27.3. The molecule has 1 unspecified atom stereocenters. The lowest BCUT2D eigenvalue weighted by Gasteiger charge is -2.38. The smallest absolute Gasteiger partial charge is 0.307 e. The molecule has 1 aliphatic heterocycles. The number of phenols is 1. The molecule has 3 N–H and O–H groups in total. The monoisotopic (exact) mass is 497 g/mol. The summed E-state index contributed by atoms with van der Waals surface area (Å²) in [5.74, 6) is 1.16. The van der Waals surface area contributed by atoms with Crippen molar-refractivity contribution >= 4 is 17.1 Å². The molecule has 0 bridgehead atoms. The number of aromatic amines is 1. The second-order valence-corrected chi connectivity index (χ2v) is 10.3. The van der Waals surface area contributed by atoms with Crippen molar-refractivity contribution < 1.29 is 24.5 Å². The number of fused-ring (bicyclic) bond motifs is 1. The van der Waals surface area contributed by atoms with Gasteiger partial charge in [-0.1, -0.05) is 43.2 Å². The van der Waals surface area contributed by atoms with E-state index < -0.39 is 5.60 Å². The minimum absolute atomic E-state index is 0.0419. The fourth-order valence-electron chi connectivity index (χ4n) is 4.58.